The molecule has 10 nitrogen and oxygen atoms in total. The number of benzene rings is 2. The Balaban J connectivity index is 1.40. The number of carbonyl (C=O) groups excluding carboxylic acids is 3. The number of hydrogen-bond acceptors (Lipinski definition) is 9. The lowest BCUT2D eigenvalue weighted by atomic mass is 9.93. The van der Waals surface area contributed by atoms with E-state index in [1.54, 1.807) is 60.8 Å². The molecule has 0 radical (unpaired) electrons. The Kier molecular flexibility index (Phi) is 10.5. The molecule has 240 valence electrons. The number of halogens is 1. The van der Waals surface area contributed by atoms with Gasteiger partial charge in [0.05, 0.1) is 24.8 Å². The number of carbonyl (C=O) groups is 3. The SMILES string of the molecule is COc1ccc(N2CCN(CCC3OCCc4cc(C(=O)N(C(=O)OC(C)(C)C)C(=O)OC(C)(C)C)ccc43)CC2)cc1Cl. The van der Waals surface area contributed by atoms with Gasteiger partial charge in [-0.3, -0.25) is 9.69 Å². The van der Waals surface area contributed by atoms with E-state index in [1.807, 2.05) is 24.3 Å². The fraction of sp³-hybridized carbons (Fsp3) is 0.545. The van der Waals surface area contributed by atoms with Crippen LogP contribution in [0.2, 0.25) is 5.02 Å². The molecule has 2 aliphatic rings. The van der Waals surface area contributed by atoms with Crippen LogP contribution in [-0.4, -0.2) is 85.5 Å². The molecule has 2 aromatic rings. The number of methoxy groups -OCH3 is 1. The molecule has 1 saturated heterocycles. The van der Waals surface area contributed by atoms with E-state index in [0.717, 1.165) is 56.0 Å². The number of piperazine rings is 1. The number of hydrogen-bond donors (Lipinski definition) is 0. The lowest BCUT2D eigenvalue weighted by molar-refractivity contribution is 0.00388. The minimum atomic E-state index is -1.08. The van der Waals surface area contributed by atoms with Crippen LogP contribution in [0.25, 0.3) is 0 Å². The number of ether oxygens (including phenoxy) is 4. The van der Waals surface area contributed by atoms with Crippen molar-refractivity contribution in [3.05, 3.63) is 58.1 Å². The van der Waals surface area contributed by atoms with E-state index in [4.69, 9.17) is 30.5 Å². The molecule has 44 heavy (non-hydrogen) atoms. The lowest BCUT2D eigenvalue weighted by Gasteiger charge is -2.37. The van der Waals surface area contributed by atoms with E-state index in [-0.39, 0.29) is 11.7 Å². The summed E-state index contributed by atoms with van der Waals surface area (Å²) in [4.78, 5) is 44.7. The quantitative estimate of drug-likeness (QED) is 0.355. The zero-order valence-corrected chi connectivity index (χ0v) is 27.5. The molecule has 0 N–H and O–H groups in total. The molecule has 2 aromatic carbocycles. The van der Waals surface area contributed by atoms with Gasteiger partial charge < -0.3 is 23.8 Å². The summed E-state index contributed by atoms with van der Waals surface area (Å²) in [6, 6.07) is 11.1. The van der Waals surface area contributed by atoms with Crippen LogP contribution in [0.4, 0.5) is 15.3 Å². The van der Waals surface area contributed by atoms with Gasteiger partial charge in [-0.2, -0.15) is 0 Å². The van der Waals surface area contributed by atoms with E-state index in [9.17, 15) is 14.4 Å². The van der Waals surface area contributed by atoms with Gasteiger partial charge in [0.1, 0.15) is 17.0 Å². The van der Waals surface area contributed by atoms with E-state index in [0.29, 0.717) is 28.7 Å². The first-order chi connectivity index (χ1) is 20.6. The predicted octanol–water partition coefficient (Wildman–Crippen LogP) is 6.49. The van der Waals surface area contributed by atoms with E-state index in [1.165, 1.54) is 0 Å². The number of anilines is 1. The van der Waals surface area contributed by atoms with Gasteiger partial charge in [0.25, 0.3) is 5.91 Å². The molecule has 3 amide bonds. The maximum absolute atomic E-state index is 13.5. The Bertz CT molecular complexity index is 1330. The largest absolute Gasteiger partial charge is 0.495 e. The standard InChI is InChI=1S/C33H44ClN3O7/c1-32(2,3)43-30(39)37(31(40)44-33(4,5)6)29(38)23-8-10-25-22(20-23)13-19-42-27(25)12-14-35-15-17-36(18-16-35)24-9-11-28(41-7)26(34)21-24/h8-11,20-21,27H,12-19H2,1-7H3. The Morgan fingerprint density at radius 2 is 1.57 bits per heavy atom. The molecule has 11 heteroatoms. The molecule has 1 atom stereocenters. The third-order valence-electron chi connectivity index (χ3n) is 7.36. The van der Waals surface area contributed by atoms with Crippen LogP contribution >= 0.6 is 11.6 Å². The Hall–Kier alpha value is -3.34. The van der Waals surface area contributed by atoms with Crippen molar-refractivity contribution >= 4 is 35.4 Å². The highest BCUT2D eigenvalue weighted by Gasteiger charge is 2.37. The zero-order valence-electron chi connectivity index (χ0n) is 26.8. The van der Waals surface area contributed by atoms with Gasteiger partial charge in [-0.15, -0.1) is 4.90 Å². The first-order valence-corrected chi connectivity index (χ1v) is 15.4. The fourth-order valence-electron chi connectivity index (χ4n) is 5.28. The maximum Gasteiger partial charge on any atom is 0.427 e. The van der Waals surface area contributed by atoms with Gasteiger partial charge in [0.2, 0.25) is 0 Å². The zero-order chi connectivity index (χ0) is 32.2. The summed E-state index contributed by atoms with van der Waals surface area (Å²) in [5.74, 6) is -0.128. The second kappa shape index (κ2) is 13.7. The lowest BCUT2D eigenvalue weighted by Crippen LogP contribution is -2.47. The molecular formula is C33H44ClN3O7. The smallest absolute Gasteiger partial charge is 0.427 e. The number of amides is 3. The van der Waals surface area contributed by atoms with Gasteiger partial charge in [-0.1, -0.05) is 17.7 Å². The van der Waals surface area contributed by atoms with Gasteiger partial charge >= 0.3 is 12.2 Å². The second-order valence-electron chi connectivity index (χ2n) is 13.1. The van der Waals surface area contributed by atoms with Crippen LogP contribution in [-0.2, 0) is 20.6 Å². The van der Waals surface area contributed by atoms with Crippen molar-refractivity contribution in [2.75, 3.05) is 51.3 Å². The normalized spacial score (nSPS) is 17.5. The first kappa shape index (κ1) is 33.6. The number of rotatable bonds is 6. The van der Waals surface area contributed by atoms with Gasteiger partial charge in [-0.05, 0) is 95.8 Å². The molecule has 1 unspecified atom stereocenters. The molecule has 0 saturated carbocycles. The summed E-state index contributed by atoms with van der Waals surface area (Å²) in [7, 11) is 1.61. The van der Waals surface area contributed by atoms with Gasteiger partial charge in [-0.25, -0.2) is 9.59 Å². The highest BCUT2D eigenvalue weighted by Crippen LogP contribution is 2.32. The van der Waals surface area contributed by atoms with Gasteiger partial charge in [0.15, 0.2) is 0 Å². The fourth-order valence-corrected chi connectivity index (χ4v) is 5.53. The van der Waals surface area contributed by atoms with E-state index < -0.39 is 29.3 Å². The number of fused-ring (bicyclic) bond motifs is 1. The Morgan fingerprint density at radius 3 is 2.14 bits per heavy atom. The summed E-state index contributed by atoms with van der Waals surface area (Å²) in [6.07, 6.45) is -0.850. The highest BCUT2D eigenvalue weighted by atomic mass is 35.5. The molecule has 2 heterocycles. The van der Waals surface area contributed by atoms with Crippen LogP contribution < -0.4 is 9.64 Å². The number of imide groups is 3. The highest BCUT2D eigenvalue weighted by molar-refractivity contribution is 6.32. The first-order valence-electron chi connectivity index (χ1n) is 15.0. The third kappa shape index (κ3) is 8.64. The molecule has 1 fully saturated rings. The second-order valence-corrected chi connectivity index (χ2v) is 13.5. The topological polar surface area (TPSA) is 97.9 Å². The summed E-state index contributed by atoms with van der Waals surface area (Å²) in [5, 5.41) is 0.604. The molecule has 2 aliphatic heterocycles. The van der Waals surface area contributed by atoms with E-state index in [2.05, 4.69) is 9.80 Å². The molecule has 0 aliphatic carbocycles. The molecular weight excluding hydrogens is 586 g/mol. The minimum absolute atomic E-state index is 0.117. The van der Waals surface area contributed by atoms with Gasteiger partial charge in [0, 0.05) is 44.0 Å². The van der Waals surface area contributed by atoms with Crippen LogP contribution in [0.15, 0.2) is 36.4 Å². The molecule has 0 spiro atoms. The monoisotopic (exact) mass is 629 g/mol. The van der Waals surface area contributed by atoms with Crippen molar-refractivity contribution in [2.45, 2.75) is 71.7 Å². The molecule has 0 bridgehead atoms. The minimum Gasteiger partial charge on any atom is -0.495 e. The predicted molar refractivity (Wildman–Crippen MR) is 169 cm³/mol. The average Bonchev–Trinajstić information content (AvgIpc) is 2.94. The van der Waals surface area contributed by atoms with Crippen LogP contribution in [0, 0.1) is 0 Å². The summed E-state index contributed by atoms with van der Waals surface area (Å²) >= 11 is 6.33. The van der Waals surface area contributed by atoms with Crippen LogP contribution in [0.1, 0.15) is 75.6 Å². The van der Waals surface area contributed by atoms with Crippen LogP contribution in [0.5, 0.6) is 5.75 Å². The van der Waals surface area contributed by atoms with Crippen LogP contribution in [0.3, 0.4) is 0 Å². The third-order valence-corrected chi connectivity index (χ3v) is 7.66. The summed E-state index contributed by atoms with van der Waals surface area (Å²) < 4.78 is 22.2. The van der Waals surface area contributed by atoms with Crippen molar-refractivity contribution in [3.8, 4) is 5.75 Å². The number of nitrogens with zero attached hydrogens (tertiary/aromatic N) is 3. The van der Waals surface area contributed by atoms with E-state index >= 15 is 0 Å². The molecule has 0 aromatic heterocycles. The summed E-state index contributed by atoms with van der Waals surface area (Å²) in [6.45, 7) is 15.0. The maximum atomic E-state index is 13.5. The van der Waals surface area contributed by atoms with Crippen molar-refractivity contribution in [1.29, 1.82) is 0 Å². The van der Waals surface area contributed by atoms with Crippen molar-refractivity contribution in [3.63, 3.8) is 0 Å². The summed E-state index contributed by atoms with van der Waals surface area (Å²) in [5.41, 5.74) is 1.45. The Labute approximate surface area is 265 Å². The van der Waals surface area contributed by atoms with Crippen molar-refractivity contribution in [1.82, 2.24) is 9.80 Å². The average molecular weight is 630 g/mol. The van der Waals surface area contributed by atoms with Crippen molar-refractivity contribution in [2.24, 2.45) is 0 Å². The Morgan fingerprint density at radius 1 is 0.932 bits per heavy atom. The molecule has 4 rings (SSSR count). The van der Waals surface area contributed by atoms with Crippen molar-refractivity contribution < 1.29 is 33.3 Å².